The molecule has 0 fully saturated rings. The van der Waals surface area contributed by atoms with Gasteiger partial charge in [-0.1, -0.05) is 0 Å². The van der Waals surface area contributed by atoms with Gasteiger partial charge >= 0.3 is 211 Å². The molecular formula is C33H28Cl2Zr. The van der Waals surface area contributed by atoms with E-state index in [0.717, 1.165) is 6.42 Å². The van der Waals surface area contributed by atoms with E-state index in [2.05, 4.69) is 129 Å². The Kier molecular flexibility index (Phi) is 8.46. The summed E-state index contributed by atoms with van der Waals surface area (Å²) in [6.45, 7) is 4.62. The van der Waals surface area contributed by atoms with Gasteiger partial charge in [0.2, 0.25) is 0 Å². The van der Waals surface area contributed by atoms with E-state index in [1.165, 1.54) is 39.0 Å². The van der Waals surface area contributed by atoms with Crippen LogP contribution in [0.5, 0.6) is 0 Å². The van der Waals surface area contributed by atoms with Crippen molar-refractivity contribution < 1.29 is 46.1 Å². The van der Waals surface area contributed by atoms with Crippen LogP contribution in [-0.2, 0) is 27.7 Å². The van der Waals surface area contributed by atoms with Crippen molar-refractivity contribution in [1.82, 2.24) is 0 Å². The van der Waals surface area contributed by atoms with Gasteiger partial charge in [0.05, 0.1) is 0 Å². The van der Waals surface area contributed by atoms with E-state index in [4.69, 9.17) is 0 Å². The molecule has 2 aliphatic carbocycles. The second kappa shape index (κ2) is 11.4. The molecule has 0 bridgehead atoms. The van der Waals surface area contributed by atoms with Crippen LogP contribution in [0.1, 0.15) is 36.1 Å². The number of allylic oxidation sites excluding steroid dienone is 4. The maximum absolute atomic E-state index is 2.57. The Balaban J connectivity index is 0.00000152. The number of benzene rings is 4. The predicted octanol–water partition coefficient (Wildman–Crippen LogP) is 1.47. The molecule has 0 amide bonds. The molecule has 0 saturated heterocycles. The summed E-state index contributed by atoms with van der Waals surface area (Å²) in [4.78, 5) is 0. The van der Waals surface area contributed by atoms with Crippen LogP contribution in [0, 0.1) is 0 Å². The molecule has 2 aliphatic rings. The van der Waals surface area contributed by atoms with E-state index in [1.807, 2.05) is 0 Å². The van der Waals surface area contributed by atoms with Crippen molar-refractivity contribution >= 4 is 6.48 Å². The molecule has 178 valence electrons. The maximum Gasteiger partial charge on any atom is -1.00 e. The van der Waals surface area contributed by atoms with Gasteiger partial charge in [0.25, 0.3) is 0 Å². The molecule has 0 aliphatic heterocycles. The summed E-state index contributed by atoms with van der Waals surface area (Å²) in [5.41, 5.74) is 11.7. The average molecular weight is 587 g/mol. The predicted molar refractivity (Wildman–Crippen MR) is 142 cm³/mol. The van der Waals surface area contributed by atoms with Gasteiger partial charge in [-0.05, 0) is 0 Å². The van der Waals surface area contributed by atoms with Crippen molar-refractivity contribution in [2.24, 2.45) is 0 Å². The summed E-state index contributed by atoms with van der Waals surface area (Å²) >= 11 is -2.53. The first-order valence-corrected chi connectivity index (χ1v) is 16.0. The van der Waals surface area contributed by atoms with E-state index >= 15 is 0 Å². The Morgan fingerprint density at radius 2 is 1.25 bits per heavy atom. The second-order valence-electron chi connectivity index (χ2n) is 9.46. The van der Waals surface area contributed by atoms with Crippen LogP contribution < -0.4 is 28.1 Å². The molecule has 6 rings (SSSR count). The molecule has 3 heteroatoms. The fraction of sp³-hybridized carbons (Fsp3) is 0.121. The summed E-state index contributed by atoms with van der Waals surface area (Å²) in [7, 11) is 0. The SMILES string of the molecule is CC1=C[CH]([Zr+2](=[C](c2ccccc2)c2ccccc2)[c]2cccc3c2Cc2ccccc2-3)C(C)=C1.[Cl-].[Cl-]. The monoisotopic (exact) mass is 584 g/mol. The van der Waals surface area contributed by atoms with E-state index in [1.54, 1.807) is 12.0 Å². The van der Waals surface area contributed by atoms with Crippen molar-refractivity contribution in [2.45, 2.75) is 23.9 Å². The van der Waals surface area contributed by atoms with E-state index in [9.17, 15) is 0 Å². The fourth-order valence-electron chi connectivity index (χ4n) is 5.76. The van der Waals surface area contributed by atoms with Gasteiger partial charge in [-0.15, -0.1) is 0 Å². The third kappa shape index (κ3) is 4.82. The van der Waals surface area contributed by atoms with Gasteiger partial charge in [0.15, 0.2) is 0 Å². The normalized spacial score (nSPS) is 14.8. The summed E-state index contributed by atoms with van der Waals surface area (Å²) in [5, 5.41) is 0. The summed E-state index contributed by atoms with van der Waals surface area (Å²) < 4.78 is 3.80. The molecule has 0 nitrogen and oxygen atoms in total. The smallest absolute Gasteiger partial charge is 1.00 e. The zero-order chi connectivity index (χ0) is 23.1. The minimum absolute atomic E-state index is 0. The van der Waals surface area contributed by atoms with Crippen molar-refractivity contribution in [1.29, 1.82) is 0 Å². The van der Waals surface area contributed by atoms with Gasteiger partial charge in [-0.2, -0.15) is 0 Å². The number of halogens is 2. The van der Waals surface area contributed by atoms with Crippen LogP contribution in [-0.4, -0.2) is 3.21 Å². The Morgan fingerprint density at radius 1 is 0.667 bits per heavy atom. The molecule has 1 atom stereocenters. The number of hydrogen-bond acceptors (Lipinski definition) is 0. The van der Waals surface area contributed by atoms with E-state index in [-0.39, 0.29) is 24.8 Å². The third-order valence-electron chi connectivity index (χ3n) is 7.22. The molecule has 0 N–H and O–H groups in total. The van der Waals surface area contributed by atoms with Crippen LogP contribution in [0.3, 0.4) is 0 Å². The van der Waals surface area contributed by atoms with Crippen molar-refractivity contribution in [3.05, 3.63) is 149 Å². The first kappa shape index (κ1) is 26.7. The van der Waals surface area contributed by atoms with Crippen molar-refractivity contribution in [3.63, 3.8) is 0 Å². The van der Waals surface area contributed by atoms with Crippen LogP contribution >= 0.6 is 0 Å². The van der Waals surface area contributed by atoms with Gasteiger partial charge in [-0.25, -0.2) is 0 Å². The minimum atomic E-state index is -2.53. The number of hydrogen-bond donors (Lipinski definition) is 0. The van der Waals surface area contributed by atoms with Gasteiger partial charge in [-0.3, -0.25) is 0 Å². The third-order valence-corrected chi connectivity index (χ3v) is 15.6. The van der Waals surface area contributed by atoms with Crippen LogP contribution in [0.15, 0.2) is 126 Å². The molecule has 4 aromatic rings. The van der Waals surface area contributed by atoms with Crippen LogP contribution in [0.25, 0.3) is 11.1 Å². The zero-order valence-corrected chi connectivity index (χ0v) is 24.5. The minimum Gasteiger partial charge on any atom is -1.00 e. The largest absolute Gasteiger partial charge is 1.00 e. The van der Waals surface area contributed by atoms with Crippen molar-refractivity contribution in [3.8, 4) is 11.1 Å². The Labute approximate surface area is 234 Å². The molecular weight excluding hydrogens is 558 g/mol. The van der Waals surface area contributed by atoms with Gasteiger partial charge < -0.3 is 24.8 Å². The summed E-state index contributed by atoms with van der Waals surface area (Å²) in [6.07, 6.45) is 6.04. The zero-order valence-electron chi connectivity index (χ0n) is 20.5. The molecule has 1 unspecified atom stereocenters. The first-order chi connectivity index (χ1) is 16.7. The fourth-order valence-corrected chi connectivity index (χ4v) is 14.8. The number of rotatable bonds is 4. The molecule has 0 saturated carbocycles. The molecule has 0 aromatic heterocycles. The first-order valence-electron chi connectivity index (χ1n) is 12.1. The van der Waals surface area contributed by atoms with Gasteiger partial charge in [0, 0.05) is 0 Å². The Morgan fingerprint density at radius 3 is 1.86 bits per heavy atom. The molecule has 0 heterocycles. The standard InChI is InChI=1S/C13H9.C13H10.C7H9.2ClH.Zr/c1-3-7-12-10(5-1)9-11-6-2-4-8-13(11)12;1-3-7-12(8-4-1)11-13-9-5-2-6-10-13;1-6-3-4-7(2)5-6;;;/h1-5,7-8H,9H2;1-10H;3-5H,1-2H3;2*1H;/q;;;;;+2/p-2. The Bertz CT molecular complexity index is 1440. The van der Waals surface area contributed by atoms with Gasteiger partial charge in [0.1, 0.15) is 0 Å². The second-order valence-corrected chi connectivity index (χ2v) is 15.6. The van der Waals surface area contributed by atoms with Crippen LogP contribution in [0.2, 0.25) is 3.63 Å². The van der Waals surface area contributed by atoms with Crippen molar-refractivity contribution in [2.75, 3.05) is 0 Å². The molecule has 36 heavy (non-hydrogen) atoms. The Hall–Kier alpha value is -2.31. The summed E-state index contributed by atoms with van der Waals surface area (Å²) in [6, 6.07) is 38.5. The average Bonchev–Trinajstić information content (AvgIpc) is 3.42. The van der Waals surface area contributed by atoms with Crippen LogP contribution in [0.4, 0.5) is 0 Å². The maximum atomic E-state index is 2.57. The summed E-state index contributed by atoms with van der Waals surface area (Å²) in [5.74, 6) is 0. The molecule has 4 aromatic carbocycles. The quantitative estimate of drug-likeness (QED) is 0.300. The number of fused-ring (bicyclic) bond motifs is 3. The van der Waals surface area contributed by atoms with E-state index < -0.39 is 21.3 Å². The molecule has 0 radical (unpaired) electrons. The van der Waals surface area contributed by atoms with E-state index in [0.29, 0.717) is 3.63 Å². The topological polar surface area (TPSA) is 0 Å². The molecule has 0 spiro atoms.